The van der Waals surface area contributed by atoms with Crippen LogP contribution in [0.5, 0.6) is 0 Å². The SMILES string of the molecule is CC/C(C=O)=C\COC1CCCC(OC/C(N)=C(\C)OC)C1. The second-order valence-electron chi connectivity index (χ2n) is 5.59. The van der Waals surface area contributed by atoms with Gasteiger partial charge in [0.25, 0.3) is 0 Å². The molecule has 22 heavy (non-hydrogen) atoms. The highest BCUT2D eigenvalue weighted by molar-refractivity contribution is 5.72. The van der Waals surface area contributed by atoms with E-state index in [1.807, 2.05) is 19.9 Å². The molecule has 2 unspecified atom stereocenters. The quantitative estimate of drug-likeness (QED) is 0.403. The molecule has 1 fully saturated rings. The number of allylic oxidation sites excluding steroid dienone is 2. The third kappa shape index (κ3) is 6.62. The molecule has 5 nitrogen and oxygen atoms in total. The minimum Gasteiger partial charge on any atom is -0.500 e. The first-order valence-electron chi connectivity index (χ1n) is 7.97. The van der Waals surface area contributed by atoms with Crippen molar-refractivity contribution in [3.8, 4) is 0 Å². The van der Waals surface area contributed by atoms with Crippen LogP contribution in [0.15, 0.2) is 23.1 Å². The summed E-state index contributed by atoms with van der Waals surface area (Å²) in [5.41, 5.74) is 7.30. The van der Waals surface area contributed by atoms with Gasteiger partial charge >= 0.3 is 0 Å². The molecule has 0 spiro atoms. The fourth-order valence-electron chi connectivity index (χ4n) is 2.41. The lowest BCUT2D eigenvalue weighted by Crippen LogP contribution is -2.29. The first-order chi connectivity index (χ1) is 10.6. The van der Waals surface area contributed by atoms with Crippen LogP contribution in [0, 0.1) is 0 Å². The van der Waals surface area contributed by atoms with Crippen molar-refractivity contribution in [3.63, 3.8) is 0 Å². The normalized spacial score (nSPS) is 23.9. The summed E-state index contributed by atoms with van der Waals surface area (Å²) < 4.78 is 16.8. The van der Waals surface area contributed by atoms with Crippen LogP contribution >= 0.6 is 0 Å². The van der Waals surface area contributed by atoms with Crippen LogP contribution in [0.3, 0.4) is 0 Å². The van der Waals surface area contributed by atoms with Gasteiger partial charge in [0, 0.05) is 0 Å². The van der Waals surface area contributed by atoms with Crippen molar-refractivity contribution in [3.05, 3.63) is 23.1 Å². The predicted molar refractivity (Wildman–Crippen MR) is 86.3 cm³/mol. The van der Waals surface area contributed by atoms with E-state index < -0.39 is 0 Å². The highest BCUT2D eigenvalue weighted by atomic mass is 16.5. The number of rotatable bonds is 9. The van der Waals surface area contributed by atoms with Crippen LogP contribution in [-0.4, -0.2) is 38.8 Å². The summed E-state index contributed by atoms with van der Waals surface area (Å²) in [6, 6.07) is 0. The fourth-order valence-corrected chi connectivity index (χ4v) is 2.41. The fraction of sp³-hybridized carbons (Fsp3) is 0.706. The first kappa shape index (κ1) is 18.7. The van der Waals surface area contributed by atoms with Crippen LogP contribution in [0.25, 0.3) is 0 Å². The monoisotopic (exact) mass is 311 g/mol. The molecule has 5 heteroatoms. The van der Waals surface area contributed by atoms with Gasteiger partial charge in [0.1, 0.15) is 12.0 Å². The Morgan fingerprint density at radius 1 is 1.27 bits per heavy atom. The first-order valence-corrected chi connectivity index (χ1v) is 7.97. The molecule has 1 rings (SSSR count). The highest BCUT2D eigenvalue weighted by Crippen LogP contribution is 2.24. The molecule has 0 aliphatic heterocycles. The molecule has 1 aliphatic rings. The van der Waals surface area contributed by atoms with E-state index in [4.69, 9.17) is 19.9 Å². The van der Waals surface area contributed by atoms with E-state index in [-0.39, 0.29) is 12.2 Å². The zero-order chi connectivity index (χ0) is 16.4. The Morgan fingerprint density at radius 3 is 2.55 bits per heavy atom. The van der Waals surface area contributed by atoms with Gasteiger partial charge < -0.3 is 19.9 Å². The summed E-state index contributed by atoms with van der Waals surface area (Å²) in [5.74, 6) is 0.703. The smallest absolute Gasteiger partial charge is 0.145 e. The summed E-state index contributed by atoms with van der Waals surface area (Å²) in [5, 5.41) is 0. The number of carbonyl (C=O) groups excluding carboxylic acids is 1. The minimum absolute atomic E-state index is 0.169. The van der Waals surface area contributed by atoms with E-state index in [2.05, 4.69) is 0 Å². The van der Waals surface area contributed by atoms with Gasteiger partial charge in [0.2, 0.25) is 0 Å². The van der Waals surface area contributed by atoms with E-state index in [9.17, 15) is 4.79 Å². The summed E-state index contributed by atoms with van der Waals surface area (Å²) in [6.45, 7) is 4.67. The number of hydrogen-bond acceptors (Lipinski definition) is 5. The topological polar surface area (TPSA) is 70.8 Å². The van der Waals surface area contributed by atoms with Crippen molar-refractivity contribution in [2.45, 2.75) is 58.2 Å². The maximum Gasteiger partial charge on any atom is 0.145 e. The van der Waals surface area contributed by atoms with Crippen LogP contribution < -0.4 is 5.73 Å². The Labute approximate surface area is 133 Å². The van der Waals surface area contributed by atoms with E-state index in [1.54, 1.807) is 7.11 Å². The Bertz CT molecular complexity index is 403. The lowest BCUT2D eigenvalue weighted by Gasteiger charge is -2.29. The number of aldehydes is 1. The zero-order valence-electron chi connectivity index (χ0n) is 14.0. The Hall–Kier alpha value is -1.33. The van der Waals surface area contributed by atoms with Crippen molar-refractivity contribution < 1.29 is 19.0 Å². The van der Waals surface area contributed by atoms with Gasteiger partial charge in [-0.1, -0.05) is 13.0 Å². The van der Waals surface area contributed by atoms with Crippen molar-refractivity contribution in [2.24, 2.45) is 5.73 Å². The molecule has 0 aromatic rings. The maximum absolute atomic E-state index is 10.7. The van der Waals surface area contributed by atoms with Crippen LogP contribution in [0.2, 0.25) is 0 Å². The second-order valence-corrected chi connectivity index (χ2v) is 5.59. The molecule has 0 aromatic heterocycles. The van der Waals surface area contributed by atoms with E-state index in [0.29, 0.717) is 24.7 Å². The van der Waals surface area contributed by atoms with Gasteiger partial charge in [0.15, 0.2) is 0 Å². The van der Waals surface area contributed by atoms with Crippen LogP contribution in [0.4, 0.5) is 0 Å². The van der Waals surface area contributed by atoms with E-state index in [0.717, 1.165) is 44.0 Å². The lowest BCUT2D eigenvalue weighted by molar-refractivity contribution is -0.105. The largest absolute Gasteiger partial charge is 0.500 e. The number of carbonyl (C=O) groups is 1. The van der Waals surface area contributed by atoms with Crippen molar-refractivity contribution >= 4 is 6.29 Å². The number of methoxy groups -OCH3 is 1. The van der Waals surface area contributed by atoms with Crippen molar-refractivity contribution in [1.29, 1.82) is 0 Å². The number of hydrogen-bond donors (Lipinski definition) is 1. The van der Waals surface area contributed by atoms with Crippen molar-refractivity contribution in [2.75, 3.05) is 20.3 Å². The number of nitrogens with two attached hydrogens (primary N) is 1. The molecule has 0 aromatic carbocycles. The molecule has 1 saturated carbocycles. The molecule has 0 heterocycles. The third-order valence-electron chi connectivity index (χ3n) is 4.05. The molecule has 0 bridgehead atoms. The lowest BCUT2D eigenvalue weighted by atomic mass is 9.95. The van der Waals surface area contributed by atoms with Gasteiger partial charge in [-0.15, -0.1) is 0 Å². The maximum atomic E-state index is 10.7. The Balaban J connectivity index is 2.35. The molecule has 1 aliphatic carbocycles. The minimum atomic E-state index is 0.169. The average molecular weight is 311 g/mol. The molecular formula is C17H29NO4. The van der Waals surface area contributed by atoms with Gasteiger partial charge in [-0.25, -0.2) is 0 Å². The molecule has 0 saturated heterocycles. The van der Waals surface area contributed by atoms with Gasteiger partial charge in [-0.2, -0.15) is 0 Å². The number of ether oxygens (including phenoxy) is 3. The predicted octanol–water partition coefficient (Wildman–Crippen LogP) is 2.70. The molecule has 2 N–H and O–H groups in total. The molecule has 0 radical (unpaired) electrons. The Kier molecular flexibility index (Phi) is 8.85. The van der Waals surface area contributed by atoms with Crippen molar-refractivity contribution in [1.82, 2.24) is 0 Å². The summed E-state index contributed by atoms with van der Waals surface area (Å²) in [4.78, 5) is 10.7. The average Bonchev–Trinajstić information content (AvgIpc) is 2.56. The summed E-state index contributed by atoms with van der Waals surface area (Å²) >= 11 is 0. The summed E-state index contributed by atoms with van der Waals surface area (Å²) in [6.07, 6.45) is 7.88. The third-order valence-corrected chi connectivity index (χ3v) is 4.05. The molecule has 0 amide bonds. The molecule has 2 atom stereocenters. The standard InChI is InChI=1S/C17H29NO4/c1-4-14(11-19)8-9-21-15-6-5-7-16(10-15)22-12-17(18)13(2)20-3/h8,11,15-16H,4-7,9-10,12,18H2,1-3H3/b14-8+,17-13-. The van der Waals surface area contributed by atoms with E-state index >= 15 is 0 Å². The van der Waals surface area contributed by atoms with Gasteiger partial charge in [0.05, 0.1) is 38.2 Å². The molecular weight excluding hydrogens is 282 g/mol. The van der Waals surface area contributed by atoms with Crippen LogP contribution in [-0.2, 0) is 19.0 Å². The summed E-state index contributed by atoms with van der Waals surface area (Å²) in [7, 11) is 1.60. The Morgan fingerprint density at radius 2 is 1.95 bits per heavy atom. The van der Waals surface area contributed by atoms with Gasteiger partial charge in [-0.3, -0.25) is 4.79 Å². The highest BCUT2D eigenvalue weighted by Gasteiger charge is 2.23. The second kappa shape index (κ2) is 10.4. The van der Waals surface area contributed by atoms with E-state index in [1.165, 1.54) is 0 Å². The zero-order valence-corrected chi connectivity index (χ0v) is 14.0. The molecule has 126 valence electrons. The van der Waals surface area contributed by atoms with Gasteiger partial charge in [-0.05, 0) is 44.6 Å². The van der Waals surface area contributed by atoms with Crippen LogP contribution in [0.1, 0.15) is 46.0 Å².